The lowest BCUT2D eigenvalue weighted by atomic mass is 10.0. The van der Waals surface area contributed by atoms with E-state index in [0.717, 1.165) is 10.7 Å². The van der Waals surface area contributed by atoms with Gasteiger partial charge < -0.3 is 0 Å². The first kappa shape index (κ1) is 14.7. The quantitative estimate of drug-likeness (QED) is 0.781. The third-order valence-corrected chi connectivity index (χ3v) is 3.70. The van der Waals surface area contributed by atoms with Crippen LogP contribution in [0, 0.1) is 5.92 Å². The molecule has 0 aliphatic carbocycles. The number of rotatable bonds is 4. The van der Waals surface area contributed by atoms with Crippen LogP contribution in [0.15, 0.2) is 0 Å². The maximum atomic E-state index is 11.8. The minimum atomic E-state index is -4.56. The highest BCUT2D eigenvalue weighted by Gasteiger charge is 2.31. The highest BCUT2D eigenvalue weighted by molar-refractivity contribution is 7.87. The second-order valence-corrected chi connectivity index (χ2v) is 5.73. The summed E-state index contributed by atoms with van der Waals surface area (Å²) in [7, 11) is -3.98. The Hall–Kier alpha value is -0.380. The zero-order chi connectivity index (χ0) is 13.1. The number of piperidine rings is 1. The Morgan fingerprint density at radius 1 is 1.47 bits per heavy atom. The molecular formula is C8H15F3N2O3S. The molecular weight excluding hydrogens is 261 g/mol. The molecule has 0 saturated carbocycles. The SMILES string of the molecule is CC1CCCN(S(=O)(=O)NOCC(F)(F)F)C1. The van der Waals surface area contributed by atoms with Gasteiger partial charge in [-0.05, 0) is 18.8 Å². The van der Waals surface area contributed by atoms with Crippen molar-refractivity contribution < 1.29 is 26.4 Å². The predicted molar refractivity (Wildman–Crippen MR) is 54.0 cm³/mol. The summed E-state index contributed by atoms with van der Waals surface area (Å²) in [6, 6.07) is 0. The van der Waals surface area contributed by atoms with E-state index in [0.29, 0.717) is 19.5 Å². The largest absolute Gasteiger partial charge is 0.413 e. The van der Waals surface area contributed by atoms with Crippen LogP contribution in [0.25, 0.3) is 0 Å². The summed E-state index contributed by atoms with van der Waals surface area (Å²) in [5.41, 5.74) is 0. The van der Waals surface area contributed by atoms with E-state index in [1.165, 1.54) is 4.89 Å². The minimum absolute atomic E-state index is 0.197. The van der Waals surface area contributed by atoms with Gasteiger partial charge in [-0.1, -0.05) is 11.8 Å². The van der Waals surface area contributed by atoms with Gasteiger partial charge in [-0.2, -0.15) is 25.9 Å². The molecule has 0 radical (unpaired) electrons. The topological polar surface area (TPSA) is 58.6 Å². The summed E-state index contributed by atoms with van der Waals surface area (Å²) in [6.45, 7) is 0.841. The van der Waals surface area contributed by atoms with Crippen molar-refractivity contribution in [3.8, 4) is 0 Å². The average Bonchev–Trinajstić information content (AvgIpc) is 2.15. The van der Waals surface area contributed by atoms with Gasteiger partial charge in [0.1, 0.15) is 0 Å². The summed E-state index contributed by atoms with van der Waals surface area (Å²) in [4.78, 5) is 5.43. The number of halogens is 3. The number of alkyl halides is 3. The first-order valence-electron chi connectivity index (χ1n) is 5.16. The molecule has 1 saturated heterocycles. The Morgan fingerprint density at radius 2 is 2.12 bits per heavy atom. The predicted octanol–water partition coefficient (Wildman–Crippen LogP) is 1.05. The van der Waals surface area contributed by atoms with Crippen molar-refractivity contribution in [3.05, 3.63) is 0 Å². The molecule has 1 fully saturated rings. The monoisotopic (exact) mass is 276 g/mol. The molecule has 0 bridgehead atoms. The highest BCUT2D eigenvalue weighted by atomic mass is 32.2. The number of nitrogens with one attached hydrogen (secondary N) is 1. The van der Waals surface area contributed by atoms with Gasteiger partial charge in [0, 0.05) is 13.1 Å². The molecule has 0 aromatic heterocycles. The van der Waals surface area contributed by atoms with Gasteiger partial charge in [-0.3, -0.25) is 4.84 Å². The highest BCUT2D eigenvalue weighted by Crippen LogP contribution is 2.18. The second-order valence-electron chi connectivity index (χ2n) is 4.10. The summed E-state index contributed by atoms with van der Waals surface area (Å²) in [6.07, 6.45) is -2.95. The van der Waals surface area contributed by atoms with Crippen LogP contribution in [0.5, 0.6) is 0 Å². The van der Waals surface area contributed by atoms with Crippen molar-refractivity contribution in [2.24, 2.45) is 5.92 Å². The van der Waals surface area contributed by atoms with Gasteiger partial charge in [0.25, 0.3) is 0 Å². The summed E-state index contributed by atoms with van der Waals surface area (Å²) < 4.78 is 59.5. The molecule has 9 heteroatoms. The Kier molecular flexibility index (Phi) is 4.76. The van der Waals surface area contributed by atoms with Gasteiger partial charge in [-0.25, -0.2) is 0 Å². The van der Waals surface area contributed by atoms with Crippen molar-refractivity contribution in [3.63, 3.8) is 0 Å². The molecule has 1 aliphatic heterocycles. The van der Waals surface area contributed by atoms with Crippen molar-refractivity contribution in [2.45, 2.75) is 25.9 Å². The van der Waals surface area contributed by atoms with Gasteiger partial charge in [0.2, 0.25) is 0 Å². The minimum Gasteiger partial charge on any atom is -0.276 e. The second kappa shape index (κ2) is 5.51. The van der Waals surface area contributed by atoms with Crippen molar-refractivity contribution in [1.29, 1.82) is 0 Å². The fourth-order valence-electron chi connectivity index (χ4n) is 1.60. The fourth-order valence-corrected chi connectivity index (χ4v) is 2.74. The Labute approximate surface area is 98.1 Å². The van der Waals surface area contributed by atoms with Crippen LogP contribution in [0.1, 0.15) is 19.8 Å². The van der Waals surface area contributed by atoms with Gasteiger partial charge in [0.05, 0.1) is 0 Å². The number of nitrogens with zero attached hydrogens (tertiary/aromatic N) is 1. The lowest BCUT2D eigenvalue weighted by Gasteiger charge is -2.29. The lowest BCUT2D eigenvalue weighted by Crippen LogP contribution is -2.46. The van der Waals surface area contributed by atoms with E-state index in [4.69, 9.17) is 0 Å². The molecule has 1 heterocycles. The van der Waals surface area contributed by atoms with Crippen molar-refractivity contribution in [1.82, 2.24) is 9.19 Å². The first-order chi connectivity index (χ1) is 7.71. The maximum Gasteiger partial charge on any atom is 0.413 e. The summed E-state index contributed by atoms with van der Waals surface area (Å²) in [5, 5.41) is 0. The van der Waals surface area contributed by atoms with Crippen molar-refractivity contribution >= 4 is 10.2 Å². The standard InChI is InChI=1S/C8H15F3N2O3S/c1-7-3-2-4-13(5-7)17(14,15)12-16-6-8(9,10)11/h7,12H,2-6H2,1H3. The van der Waals surface area contributed by atoms with E-state index >= 15 is 0 Å². The maximum absolute atomic E-state index is 11.8. The fraction of sp³-hybridized carbons (Fsp3) is 1.00. The van der Waals surface area contributed by atoms with Crippen LogP contribution in [0.2, 0.25) is 0 Å². The third-order valence-electron chi connectivity index (χ3n) is 2.36. The van der Waals surface area contributed by atoms with E-state index in [-0.39, 0.29) is 5.92 Å². The lowest BCUT2D eigenvalue weighted by molar-refractivity contribution is -0.181. The van der Waals surface area contributed by atoms with Crippen LogP contribution >= 0.6 is 0 Å². The normalized spacial score (nSPS) is 23.9. The van der Waals surface area contributed by atoms with E-state index in [2.05, 4.69) is 4.84 Å². The van der Waals surface area contributed by atoms with Crippen molar-refractivity contribution in [2.75, 3.05) is 19.7 Å². The molecule has 0 aromatic carbocycles. The van der Waals surface area contributed by atoms with Crippen LogP contribution in [-0.2, 0) is 15.0 Å². The Morgan fingerprint density at radius 3 is 2.65 bits per heavy atom. The van der Waals surface area contributed by atoms with E-state index in [1.807, 2.05) is 6.92 Å². The number of hydrogen-bond donors (Lipinski definition) is 1. The zero-order valence-corrected chi connectivity index (χ0v) is 10.1. The average molecular weight is 276 g/mol. The summed E-state index contributed by atoms with van der Waals surface area (Å²) in [5.74, 6) is 0.197. The van der Waals surface area contributed by atoms with Crippen LogP contribution in [-0.4, -0.2) is 38.6 Å². The molecule has 1 N–H and O–H groups in total. The smallest absolute Gasteiger partial charge is 0.276 e. The van der Waals surface area contributed by atoms with Gasteiger partial charge in [-0.15, -0.1) is 0 Å². The van der Waals surface area contributed by atoms with E-state index in [9.17, 15) is 21.6 Å². The zero-order valence-electron chi connectivity index (χ0n) is 9.33. The third kappa shape index (κ3) is 5.19. The Balaban J connectivity index is 2.45. The molecule has 102 valence electrons. The molecule has 1 atom stereocenters. The van der Waals surface area contributed by atoms with Crippen LogP contribution < -0.4 is 4.89 Å². The molecule has 1 rings (SSSR count). The molecule has 17 heavy (non-hydrogen) atoms. The van der Waals surface area contributed by atoms with Crippen LogP contribution in [0.3, 0.4) is 0 Å². The van der Waals surface area contributed by atoms with E-state index < -0.39 is 23.0 Å². The molecule has 1 aliphatic rings. The molecule has 0 aromatic rings. The molecule has 5 nitrogen and oxygen atoms in total. The van der Waals surface area contributed by atoms with E-state index in [1.54, 1.807) is 0 Å². The summed E-state index contributed by atoms with van der Waals surface area (Å²) >= 11 is 0. The molecule has 0 spiro atoms. The Bertz CT molecular complexity index is 344. The molecule has 1 unspecified atom stereocenters. The van der Waals surface area contributed by atoms with Gasteiger partial charge in [0.15, 0.2) is 6.61 Å². The molecule has 0 amide bonds. The number of hydrogen-bond acceptors (Lipinski definition) is 3. The van der Waals surface area contributed by atoms with Crippen LogP contribution in [0.4, 0.5) is 13.2 Å². The van der Waals surface area contributed by atoms with Gasteiger partial charge >= 0.3 is 16.4 Å². The first-order valence-corrected chi connectivity index (χ1v) is 6.60.